The van der Waals surface area contributed by atoms with E-state index in [0.29, 0.717) is 0 Å². The quantitative estimate of drug-likeness (QED) is 0.660. The Morgan fingerprint density at radius 1 is 1.33 bits per heavy atom. The average molecular weight is 168 g/mol. The lowest BCUT2D eigenvalue weighted by molar-refractivity contribution is 0.296. The van der Waals surface area contributed by atoms with Gasteiger partial charge in [-0.2, -0.15) is 0 Å². The van der Waals surface area contributed by atoms with Crippen molar-refractivity contribution in [2.45, 2.75) is 44.7 Å². The van der Waals surface area contributed by atoms with Crippen molar-refractivity contribution in [3.05, 3.63) is 0 Å². The summed E-state index contributed by atoms with van der Waals surface area (Å²) in [6.07, 6.45) is 5.59. The zero-order valence-corrected chi connectivity index (χ0v) is 7.97. The second-order valence-corrected chi connectivity index (χ2v) is 4.34. The zero-order chi connectivity index (χ0) is 8.39. The van der Waals surface area contributed by atoms with Crippen molar-refractivity contribution in [2.24, 2.45) is 5.92 Å². The van der Waals surface area contributed by atoms with Crippen LogP contribution in [0.3, 0.4) is 0 Å². The van der Waals surface area contributed by atoms with Crippen LogP contribution in [-0.4, -0.2) is 25.2 Å². The minimum Gasteiger partial charge on any atom is -0.316 e. The van der Waals surface area contributed by atoms with Gasteiger partial charge in [-0.3, -0.25) is 0 Å². The van der Waals surface area contributed by atoms with Crippen molar-refractivity contribution in [3.63, 3.8) is 0 Å². The monoisotopic (exact) mass is 168 g/mol. The molecule has 2 atom stereocenters. The Labute approximate surface area is 75.1 Å². The van der Waals surface area contributed by atoms with Crippen LogP contribution in [0.1, 0.15) is 32.6 Å². The Morgan fingerprint density at radius 3 is 2.75 bits per heavy atom. The van der Waals surface area contributed by atoms with Gasteiger partial charge in [0.25, 0.3) is 0 Å². The third-order valence-electron chi connectivity index (χ3n) is 3.12. The molecule has 2 fully saturated rings. The van der Waals surface area contributed by atoms with E-state index >= 15 is 0 Å². The van der Waals surface area contributed by atoms with Gasteiger partial charge in [0.15, 0.2) is 0 Å². The van der Waals surface area contributed by atoms with Crippen molar-refractivity contribution in [2.75, 3.05) is 13.1 Å². The SMILES string of the molecule is CC(NC1CC1)C1CCCNC1. The highest BCUT2D eigenvalue weighted by atomic mass is 15.0. The van der Waals surface area contributed by atoms with Crippen LogP contribution in [0.15, 0.2) is 0 Å². The van der Waals surface area contributed by atoms with E-state index in [9.17, 15) is 0 Å². The van der Waals surface area contributed by atoms with Gasteiger partial charge in [0, 0.05) is 12.1 Å². The van der Waals surface area contributed by atoms with Gasteiger partial charge in [-0.1, -0.05) is 0 Å². The average Bonchev–Trinajstić information content (AvgIpc) is 2.90. The molecule has 0 spiro atoms. The summed E-state index contributed by atoms with van der Waals surface area (Å²) in [5.74, 6) is 0.874. The third kappa shape index (κ3) is 2.20. The van der Waals surface area contributed by atoms with Gasteiger partial charge in [0.2, 0.25) is 0 Å². The predicted octanol–water partition coefficient (Wildman–Crippen LogP) is 1.13. The molecule has 2 nitrogen and oxygen atoms in total. The third-order valence-corrected chi connectivity index (χ3v) is 3.12. The van der Waals surface area contributed by atoms with Crippen molar-refractivity contribution in [1.29, 1.82) is 0 Å². The van der Waals surface area contributed by atoms with Crippen molar-refractivity contribution in [1.82, 2.24) is 10.6 Å². The Morgan fingerprint density at radius 2 is 2.17 bits per heavy atom. The Bertz CT molecular complexity index is 137. The molecule has 12 heavy (non-hydrogen) atoms. The van der Waals surface area contributed by atoms with E-state index in [0.717, 1.165) is 18.0 Å². The topological polar surface area (TPSA) is 24.1 Å². The lowest BCUT2D eigenvalue weighted by Gasteiger charge is -2.29. The maximum Gasteiger partial charge on any atom is 0.00817 e. The zero-order valence-electron chi connectivity index (χ0n) is 7.97. The second kappa shape index (κ2) is 3.75. The van der Waals surface area contributed by atoms with E-state index in [2.05, 4.69) is 17.6 Å². The summed E-state index contributed by atoms with van der Waals surface area (Å²) < 4.78 is 0. The molecule has 1 saturated heterocycles. The van der Waals surface area contributed by atoms with Gasteiger partial charge in [0.1, 0.15) is 0 Å². The lowest BCUT2D eigenvalue weighted by Crippen LogP contribution is -2.43. The Balaban J connectivity index is 1.72. The normalized spacial score (nSPS) is 33.2. The van der Waals surface area contributed by atoms with Crippen molar-refractivity contribution >= 4 is 0 Å². The van der Waals surface area contributed by atoms with Crippen molar-refractivity contribution in [3.8, 4) is 0 Å². The number of piperidine rings is 1. The van der Waals surface area contributed by atoms with Crippen LogP contribution in [-0.2, 0) is 0 Å². The highest BCUT2D eigenvalue weighted by Gasteiger charge is 2.27. The van der Waals surface area contributed by atoms with Gasteiger partial charge in [-0.05, 0) is 51.6 Å². The first kappa shape index (κ1) is 8.52. The van der Waals surface area contributed by atoms with Crippen LogP contribution in [0, 0.1) is 5.92 Å². The molecule has 0 aromatic heterocycles. The molecule has 2 heteroatoms. The first-order chi connectivity index (χ1) is 5.86. The first-order valence-corrected chi connectivity index (χ1v) is 5.33. The van der Waals surface area contributed by atoms with E-state index in [1.54, 1.807) is 0 Å². The fourth-order valence-corrected chi connectivity index (χ4v) is 2.06. The molecule has 2 unspecified atom stereocenters. The summed E-state index contributed by atoms with van der Waals surface area (Å²) in [6, 6.07) is 1.59. The smallest absolute Gasteiger partial charge is 0.00817 e. The maximum atomic E-state index is 3.68. The van der Waals surface area contributed by atoms with Crippen LogP contribution in [0.4, 0.5) is 0 Å². The van der Waals surface area contributed by atoms with E-state index in [4.69, 9.17) is 0 Å². The number of hydrogen-bond donors (Lipinski definition) is 2. The summed E-state index contributed by atoms with van der Waals surface area (Å²) in [6.45, 7) is 4.80. The fourth-order valence-electron chi connectivity index (χ4n) is 2.06. The van der Waals surface area contributed by atoms with Crippen LogP contribution < -0.4 is 10.6 Å². The molecular formula is C10H20N2. The molecule has 1 heterocycles. The summed E-state index contributed by atoms with van der Waals surface area (Å²) in [7, 11) is 0. The van der Waals surface area contributed by atoms with Gasteiger partial charge in [-0.15, -0.1) is 0 Å². The van der Waals surface area contributed by atoms with E-state index in [1.807, 2.05) is 0 Å². The summed E-state index contributed by atoms with van der Waals surface area (Å²) in [5.41, 5.74) is 0. The summed E-state index contributed by atoms with van der Waals surface area (Å²) >= 11 is 0. The van der Waals surface area contributed by atoms with E-state index < -0.39 is 0 Å². The predicted molar refractivity (Wildman–Crippen MR) is 51.2 cm³/mol. The highest BCUT2D eigenvalue weighted by Crippen LogP contribution is 2.22. The Hall–Kier alpha value is -0.0800. The minimum atomic E-state index is 0.727. The largest absolute Gasteiger partial charge is 0.316 e. The molecule has 2 rings (SSSR count). The van der Waals surface area contributed by atoms with E-state index in [-0.39, 0.29) is 0 Å². The second-order valence-electron chi connectivity index (χ2n) is 4.34. The summed E-state index contributed by atoms with van der Waals surface area (Å²) in [5, 5.41) is 7.15. The number of nitrogens with one attached hydrogen (secondary N) is 2. The number of rotatable bonds is 3. The van der Waals surface area contributed by atoms with Crippen molar-refractivity contribution < 1.29 is 0 Å². The van der Waals surface area contributed by atoms with Gasteiger partial charge < -0.3 is 10.6 Å². The summed E-state index contributed by atoms with van der Waals surface area (Å²) in [4.78, 5) is 0. The molecular weight excluding hydrogens is 148 g/mol. The standard InChI is InChI=1S/C10H20N2/c1-8(12-10-4-5-10)9-3-2-6-11-7-9/h8-12H,2-7H2,1H3. The molecule has 0 aromatic carbocycles. The first-order valence-electron chi connectivity index (χ1n) is 5.33. The van der Waals surface area contributed by atoms with Crippen LogP contribution in [0.2, 0.25) is 0 Å². The molecule has 1 saturated carbocycles. The van der Waals surface area contributed by atoms with Gasteiger partial charge in [0.05, 0.1) is 0 Å². The maximum absolute atomic E-state index is 3.68. The van der Waals surface area contributed by atoms with Gasteiger partial charge >= 0.3 is 0 Å². The molecule has 70 valence electrons. The van der Waals surface area contributed by atoms with E-state index in [1.165, 1.54) is 38.8 Å². The molecule has 2 N–H and O–H groups in total. The van der Waals surface area contributed by atoms with Crippen LogP contribution >= 0.6 is 0 Å². The number of hydrogen-bond acceptors (Lipinski definition) is 2. The minimum absolute atomic E-state index is 0.727. The molecule has 0 aromatic rings. The Kier molecular flexibility index (Phi) is 2.66. The molecule has 0 radical (unpaired) electrons. The molecule has 0 bridgehead atoms. The van der Waals surface area contributed by atoms with Gasteiger partial charge in [-0.25, -0.2) is 0 Å². The fraction of sp³-hybridized carbons (Fsp3) is 1.00. The lowest BCUT2D eigenvalue weighted by atomic mass is 9.93. The highest BCUT2D eigenvalue weighted by molar-refractivity contribution is 4.87. The molecule has 1 aliphatic heterocycles. The van der Waals surface area contributed by atoms with Crippen LogP contribution in [0.25, 0.3) is 0 Å². The molecule has 1 aliphatic carbocycles. The van der Waals surface area contributed by atoms with Crippen LogP contribution in [0.5, 0.6) is 0 Å². The molecule has 0 amide bonds. The molecule has 2 aliphatic rings.